The van der Waals surface area contributed by atoms with Crippen molar-refractivity contribution >= 4 is 28.9 Å². The first-order valence-corrected chi connectivity index (χ1v) is 8.46. The van der Waals surface area contributed by atoms with Crippen molar-refractivity contribution in [2.45, 2.75) is 0 Å². The number of halogens is 4. The summed E-state index contributed by atoms with van der Waals surface area (Å²) in [7, 11) is 0. The molecule has 0 aliphatic rings. The summed E-state index contributed by atoms with van der Waals surface area (Å²) in [6.45, 7) is 0. The van der Waals surface area contributed by atoms with E-state index >= 15 is 0 Å². The average molecular weight is 433 g/mol. The summed E-state index contributed by atoms with van der Waals surface area (Å²) in [6.07, 6.45) is 0. The summed E-state index contributed by atoms with van der Waals surface area (Å²) >= 11 is 0. The second-order valence-corrected chi connectivity index (χ2v) is 6.19. The summed E-state index contributed by atoms with van der Waals surface area (Å²) in [5.74, 6) is -6.57. The first-order valence-electron chi connectivity index (χ1n) is 8.46. The summed E-state index contributed by atoms with van der Waals surface area (Å²) in [5, 5.41) is 15.7. The molecule has 0 atom stereocenters. The highest BCUT2D eigenvalue weighted by atomic mass is 19.2. The van der Waals surface area contributed by atoms with Crippen LogP contribution in [0, 0.1) is 33.4 Å². The highest BCUT2D eigenvalue weighted by molar-refractivity contribution is 6.09. The maximum atomic E-state index is 13.3. The van der Waals surface area contributed by atoms with Gasteiger partial charge in [-0.3, -0.25) is 19.7 Å². The Balaban J connectivity index is 1.89. The van der Waals surface area contributed by atoms with Gasteiger partial charge in [-0.05, 0) is 30.3 Å². The maximum absolute atomic E-state index is 13.3. The summed E-state index contributed by atoms with van der Waals surface area (Å²) < 4.78 is 52.7. The molecule has 0 heterocycles. The van der Waals surface area contributed by atoms with Gasteiger partial charge in [0.25, 0.3) is 17.5 Å². The van der Waals surface area contributed by atoms with E-state index in [9.17, 15) is 37.3 Å². The number of nitro groups is 1. The number of rotatable bonds is 5. The Labute approximate surface area is 171 Å². The predicted molar refractivity (Wildman–Crippen MR) is 102 cm³/mol. The molecule has 158 valence electrons. The zero-order valence-corrected chi connectivity index (χ0v) is 15.3. The average Bonchev–Trinajstić information content (AvgIpc) is 2.73. The van der Waals surface area contributed by atoms with Crippen molar-refractivity contribution in [3.05, 3.63) is 99.1 Å². The molecular weight excluding hydrogens is 422 g/mol. The van der Waals surface area contributed by atoms with Crippen LogP contribution in [0.1, 0.15) is 20.7 Å². The Morgan fingerprint density at radius 1 is 0.677 bits per heavy atom. The SMILES string of the molecule is O=C(Nc1ccc(F)c(F)c1)c1cc(C(=O)Nc2ccc(F)c(F)c2)cc([N+](=O)[O-])c1. The molecule has 0 aliphatic carbocycles. The molecule has 0 unspecified atom stereocenters. The smallest absolute Gasteiger partial charge is 0.271 e. The molecule has 2 amide bonds. The van der Waals surface area contributed by atoms with Crippen LogP contribution in [-0.4, -0.2) is 16.7 Å². The van der Waals surface area contributed by atoms with Crippen molar-refractivity contribution in [1.29, 1.82) is 0 Å². The Hall–Kier alpha value is -4.28. The first-order chi connectivity index (χ1) is 14.6. The number of non-ortho nitro benzene ring substituents is 1. The molecule has 0 aromatic heterocycles. The lowest BCUT2D eigenvalue weighted by Crippen LogP contribution is -2.16. The summed E-state index contributed by atoms with van der Waals surface area (Å²) in [6, 6.07) is 7.89. The molecule has 3 aromatic carbocycles. The molecule has 7 nitrogen and oxygen atoms in total. The molecule has 0 bridgehead atoms. The molecule has 2 N–H and O–H groups in total. The third-order valence-electron chi connectivity index (χ3n) is 4.01. The van der Waals surface area contributed by atoms with Crippen LogP contribution in [0.3, 0.4) is 0 Å². The van der Waals surface area contributed by atoms with Crippen LogP contribution in [0.15, 0.2) is 54.6 Å². The zero-order chi connectivity index (χ0) is 22.7. The Kier molecular flexibility index (Phi) is 5.95. The Bertz CT molecular complexity index is 1130. The van der Waals surface area contributed by atoms with E-state index in [4.69, 9.17) is 0 Å². The lowest BCUT2D eigenvalue weighted by atomic mass is 10.1. The third kappa shape index (κ3) is 5.01. The van der Waals surface area contributed by atoms with Crippen molar-refractivity contribution in [1.82, 2.24) is 0 Å². The van der Waals surface area contributed by atoms with E-state index < -0.39 is 45.7 Å². The maximum Gasteiger partial charge on any atom is 0.271 e. The van der Waals surface area contributed by atoms with Gasteiger partial charge < -0.3 is 10.6 Å². The lowest BCUT2D eigenvalue weighted by Gasteiger charge is -2.09. The fourth-order valence-electron chi connectivity index (χ4n) is 2.53. The normalized spacial score (nSPS) is 10.5. The summed E-state index contributed by atoms with van der Waals surface area (Å²) in [5.41, 5.74) is -1.50. The molecule has 0 saturated heterocycles. The molecule has 3 rings (SSSR count). The van der Waals surface area contributed by atoms with Crippen molar-refractivity contribution in [3.63, 3.8) is 0 Å². The second-order valence-electron chi connectivity index (χ2n) is 6.19. The van der Waals surface area contributed by atoms with Crippen LogP contribution >= 0.6 is 0 Å². The standard InChI is InChI=1S/C20H11F4N3O4/c21-15-3-1-12(8-17(15)23)25-19(28)10-5-11(7-14(6-10)27(30)31)20(29)26-13-2-4-16(22)18(24)9-13/h1-9H,(H,25,28)(H,26,29). The van der Waals surface area contributed by atoms with Gasteiger partial charge >= 0.3 is 0 Å². The second kappa shape index (κ2) is 8.61. The van der Waals surface area contributed by atoms with Crippen molar-refractivity contribution < 1.29 is 32.1 Å². The minimum atomic E-state index is -1.22. The van der Waals surface area contributed by atoms with Gasteiger partial charge in [0.05, 0.1) is 4.92 Å². The molecular formula is C20H11F4N3O4. The molecule has 0 saturated carbocycles. The number of carbonyl (C=O) groups excluding carboxylic acids is 2. The van der Waals surface area contributed by atoms with Crippen molar-refractivity contribution in [2.75, 3.05) is 10.6 Å². The number of carbonyl (C=O) groups is 2. The molecule has 11 heteroatoms. The molecule has 0 radical (unpaired) electrons. The van der Waals surface area contributed by atoms with E-state index in [2.05, 4.69) is 10.6 Å². The summed E-state index contributed by atoms with van der Waals surface area (Å²) in [4.78, 5) is 35.2. The van der Waals surface area contributed by atoms with Crippen molar-refractivity contribution in [2.24, 2.45) is 0 Å². The fraction of sp³-hybridized carbons (Fsp3) is 0. The Morgan fingerprint density at radius 3 is 1.45 bits per heavy atom. The number of nitro benzene ring substituents is 1. The molecule has 0 aliphatic heterocycles. The van der Waals surface area contributed by atoms with Gasteiger partial charge in [-0.1, -0.05) is 0 Å². The molecule has 31 heavy (non-hydrogen) atoms. The molecule has 0 fully saturated rings. The van der Waals surface area contributed by atoms with Crippen LogP contribution in [0.5, 0.6) is 0 Å². The van der Waals surface area contributed by atoms with Crippen LogP contribution in [-0.2, 0) is 0 Å². The van der Waals surface area contributed by atoms with E-state index in [0.29, 0.717) is 12.1 Å². The van der Waals surface area contributed by atoms with Gasteiger partial charge in [-0.15, -0.1) is 0 Å². The molecule has 0 spiro atoms. The van der Waals surface area contributed by atoms with Crippen molar-refractivity contribution in [3.8, 4) is 0 Å². The Morgan fingerprint density at radius 2 is 1.10 bits per heavy atom. The molecule has 3 aromatic rings. The highest BCUT2D eigenvalue weighted by Crippen LogP contribution is 2.21. The van der Waals surface area contributed by atoms with Crippen LogP contribution < -0.4 is 10.6 Å². The number of anilines is 2. The number of hydrogen-bond acceptors (Lipinski definition) is 4. The first kappa shape index (κ1) is 21.4. The largest absolute Gasteiger partial charge is 0.322 e. The van der Waals surface area contributed by atoms with E-state index in [1.165, 1.54) is 0 Å². The lowest BCUT2D eigenvalue weighted by molar-refractivity contribution is -0.384. The van der Waals surface area contributed by atoms with E-state index in [1.807, 2.05) is 0 Å². The van der Waals surface area contributed by atoms with E-state index in [1.54, 1.807) is 0 Å². The quantitative estimate of drug-likeness (QED) is 0.347. The van der Waals surface area contributed by atoms with Gasteiger partial charge in [-0.25, -0.2) is 17.6 Å². The number of nitrogens with one attached hydrogen (secondary N) is 2. The van der Waals surface area contributed by atoms with Gasteiger partial charge in [-0.2, -0.15) is 0 Å². The number of benzene rings is 3. The zero-order valence-electron chi connectivity index (χ0n) is 15.3. The van der Waals surface area contributed by atoms with Gasteiger partial charge in [0.15, 0.2) is 23.3 Å². The van der Waals surface area contributed by atoms with Crippen LogP contribution in [0.25, 0.3) is 0 Å². The third-order valence-corrected chi connectivity index (χ3v) is 4.01. The topological polar surface area (TPSA) is 101 Å². The minimum Gasteiger partial charge on any atom is -0.322 e. The predicted octanol–water partition coefficient (Wildman–Crippen LogP) is 4.66. The highest BCUT2D eigenvalue weighted by Gasteiger charge is 2.19. The van der Waals surface area contributed by atoms with Gasteiger partial charge in [0.2, 0.25) is 0 Å². The minimum absolute atomic E-state index is 0.122. The van der Waals surface area contributed by atoms with Gasteiger partial charge in [0.1, 0.15) is 0 Å². The number of hydrogen-bond donors (Lipinski definition) is 2. The van der Waals surface area contributed by atoms with Crippen LogP contribution in [0.4, 0.5) is 34.6 Å². The van der Waals surface area contributed by atoms with Gasteiger partial charge in [0, 0.05) is 46.8 Å². The van der Waals surface area contributed by atoms with Crippen LogP contribution in [0.2, 0.25) is 0 Å². The fourth-order valence-corrected chi connectivity index (χ4v) is 2.53. The number of nitrogens with zero attached hydrogens (tertiary/aromatic N) is 1. The van der Waals surface area contributed by atoms with E-state index in [0.717, 1.165) is 42.5 Å². The monoisotopic (exact) mass is 433 g/mol. The number of amides is 2. The van der Waals surface area contributed by atoms with E-state index in [-0.39, 0.29) is 22.5 Å².